The van der Waals surface area contributed by atoms with Crippen molar-refractivity contribution in [3.8, 4) is 6.07 Å². The summed E-state index contributed by atoms with van der Waals surface area (Å²) < 4.78 is 6.97. The number of carbonyl (C=O) groups is 3. The number of esters is 1. The van der Waals surface area contributed by atoms with Crippen LogP contribution in [0.1, 0.15) is 56.7 Å². The lowest BCUT2D eigenvalue weighted by atomic mass is 9.96. The normalized spacial score (nSPS) is 15.7. The molecule has 5 rings (SSSR count). The highest BCUT2D eigenvalue weighted by Gasteiger charge is 2.37. The summed E-state index contributed by atoms with van der Waals surface area (Å²) in [5.41, 5.74) is 2.64. The molecule has 1 fully saturated rings. The summed E-state index contributed by atoms with van der Waals surface area (Å²) in [6, 6.07) is 23.0. The molecule has 0 saturated carbocycles. The van der Waals surface area contributed by atoms with Crippen LogP contribution in [0.2, 0.25) is 0 Å². The molecule has 2 heterocycles. The van der Waals surface area contributed by atoms with Crippen LogP contribution in [0.4, 0.5) is 5.82 Å². The Kier molecular flexibility index (Phi) is 11.2. The van der Waals surface area contributed by atoms with Crippen molar-refractivity contribution in [3.63, 3.8) is 0 Å². The van der Waals surface area contributed by atoms with Crippen molar-refractivity contribution in [2.24, 2.45) is 5.92 Å². The molecule has 10 heteroatoms. The second-order valence-electron chi connectivity index (χ2n) is 12.6. The van der Waals surface area contributed by atoms with E-state index < -0.39 is 12.0 Å². The van der Waals surface area contributed by atoms with E-state index in [1.165, 1.54) is 7.11 Å². The van der Waals surface area contributed by atoms with E-state index >= 15 is 0 Å². The predicted octanol–water partition coefficient (Wildman–Crippen LogP) is 5.39. The maximum Gasteiger partial charge on any atom is 0.328 e. The van der Waals surface area contributed by atoms with Crippen molar-refractivity contribution in [2.75, 3.05) is 31.6 Å². The second-order valence-corrected chi connectivity index (χ2v) is 12.6. The second kappa shape index (κ2) is 15.7. The Morgan fingerprint density at radius 2 is 1.83 bits per heavy atom. The maximum absolute atomic E-state index is 14.0. The van der Waals surface area contributed by atoms with Crippen molar-refractivity contribution >= 4 is 34.4 Å². The van der Waals surface area contributed by atoms with E-state index in [-0.39, 0.29) is 30.3 Å². The summed E-state index contributed by atoms with van der Waals surface area (Å²) in [7, 11) is 1.36. The van der Waals surface area contributed by atoms with Gasteiger partial charge in [0, 0.05) is 26.6 Å². The third kappa shape index (κ3) is 7.75. The number of likely N-dealkylation sites (tertiary alicyclic amines) is 1. The van der Waals surface area contributed by atoms with E-state index in [9.17, 15) is 19.6 Å². The molecule has 3 aromatic carbocycles. The van der Waals surface area contributed by atoms with Gasteiger partial charge < -0.3 is 14.2 Å². The fraction of sp³-hybridized carbons (Fsp3) is 0.395. The van der Waals surface area contributed by atoms with Gasteiger partial charge in [-0.25, -0.2) is 9.78 Å². The molecule has 1 aromatic heterocycles. The first-order chi connectivity index (χ1) is 23.2. The molecule has 0 aliphatic carbocycles. The lowest BCUT2D eigenvalue weighted by Gasteiger charge is -2.39. The van der Waals surface area contributed by atoms with Crippen LogP contribution in [-0.2, 0) is 32.2 Å². The highest BCUT2D eigenvalue weighted by molar-refractivity contribution is 5.91. The quantitative estimate of drug-likeness (QED) is 0.179. The van der Waals surface area contributed by atoms with Gasteiger partial charge in [0.05, 0.1) is 50.4 Å². The molecule has 1 aliphatic heterocycles. The molecule has 1 saturated heterocycles. The van der Waals surface area contributed by atoms with Crippen molar-refractivity contribution in [1.29, 1.82) is 5.26 Å². The number of imidazole rings is 1. The van der Waals surface area contributed by atoms with Crippen LogP contribution in [-0.4, -0.2) is 76.0 Å². The summed E-state index contributed by atoms with van der Waals surface area (Å²) in [5.74, 6) is 0.0953. The molecule has 1 aliphatic rings. The standard InChI is InChI=1S/C38H44N6O4/c1-5-27(2)35(44(28(3)45)36-21-40-26-42(36)22-30-17-15-29(20-39)16-18-30)24-41(23-32-12-8-11-31-10-6-7-13-33(31)32)25-37(46)43-19-9-14-34(43)38(47)48-4/h6-8,10-13,15-18,21,26-27,34-35H,5,9,14,19,22-25H2,1-4H3/t27-,34-,35+/m0/s1. The Morgan fingerprint density at radius 1 is 1.08 bits per heavy atom. The zero-order chi connectivity index (χ0) is 34.2. The number of ether oxygens (including phenoxy) is 1. The van der Waals surface area contributed by atoms with Gasteiger partial charge in [-0.05, 0) is 52.8 Å². The number of rotatable bonds is 13. The van der Waals surface area contributed by atoms with Gasteiger partial charge in [-0.3, -0.25) is 19.4 Å². The van der Waals surface area contributed by atoms with Crippen molar-refractivity contribution in [3.05, 3.63) is 95.9 Å². The Hall–Kier alpha value is -5.01. The monoisotopic (exact) mass is 648 g/mol. The number of methoxy groups -OCH3 is 1. The number of hydrogen-bond donors (Lipinski definition) is 0. The van der Waals surface area contributed by atoms with E-state index in [1.54, 1.807) is 36.5 Å². The lowest BCUT2D eigenvalue weighted by Crippen LogP contribution is -2.52. The maximum atomic E-state index is 14.0. The number of amides is 2. The molecule has 0 N–H and O–H groups in total. The van der Waals surface area contributed by atoms with Crippen LogP contribution in [0.3, 0.4) is 0 Å². The fourth-order valence-electron chi connectivity index (χ4n) is 6.72. The van der Waals surface area contributed by atoms with Gasteiger partial charge in [0.1, 0.15) is 11.9 Å². The van der Waals surface area contributed by atoms with Crippen LogP contribution < -0.4 is 4.90 Å². The lowest BCUT2D eigenvalue weighted by molar-refractivity contribution is -0.151. The molecule has 250 valence electrons. The van der Waals surface area contributed by atoms with Gasteiger partial charge in [0.25, 0.3) is 0 Å². The third-order valence-electron chi connectivity index (χ3n) is 9.47. The first kappa shape index (κ1) is 34.3. The van der Waals surface area contributed by atoms with E-state index in [2.05, 4.69) is 54.1 Å². The molecular formula is C38H44N6O4. The van der Waals surface area contributed by atoms with E-state index in [4.69, 9.17) is 4.74 Å². The van der Waals surface area contributed by atoms with Gasteiger partial charge >= 0.3 is 5.97 Å². The Labute approximate surface area is 282 Å². The summed E-state index contributed by atoms with van der Waals surface area (Å²) >= 11 is 0. The zero-order valence-corrected chi connectivity index (χ0v) is 28.2. The van der Waals surface area contributed by atoms with Gasteiger partial charge in [-0.2, -0.15) is 5.26 Å². The summed E-state index contributed by atoms with van der Waals surface area (Å²) in [5, 5.41) is 11.4. The molecule has 2 amide bonds. The van der Waals surface area contributed by atoms with Crippen LogP contribution in [0.5, 0.6) is 0 Å². The molecule has 10 nitrogen and oxygen atoms in total. The Bertz CT molecular complexity index is 1770. The van der Waals surface area contributed by atoms with E-state index in [0.29, 0.717) is 44.0 Å². The fourth-order valence-corrected chi connectivity index (χ4v) is 6.72. The summed E-state index contributed by atoms with van der Waals surface area (Å²) in [6.45, 7) is 7.77. The van der Waals surface area contributed by atoms with Gasteiger partial charge in [-0.1, -0.05) is 74.9 Å². The molecule has 0 bridgehead atoms. The third-order valence-corrected chi connectivity index (χ3v) is 9.47. The number of hydrogen-bond acceptors (Lipinski definition) is 7. The number of nitrogens with zero attached hydrogens (tertiary/aromatic N) is 6. The summed E-state index contributed by atoms with van der Waals surface area (Å²) in [4.78, 5) is 50.1. The van der Waals surface area contributed by atoms with Crippen LogP contribution in [0, 0.1) is 17.2 Å². The Morgan fingerprint density at radius 3 is 2.54 bits per heavy atom. The van der Waals surface area contributed by atoms with Crippen LogP contribution >= 0.6 is 0 Å². The zero-order valence-electron chi connectivity index (χ0n) is 28.2. The average molecular weight is 649 g/mol. The minimum atomic E-state index is -0.586. The minimum absolute atomic E-state index is 0.0758. The van der Waals surface area contributed by atoms with Gasteiger partial charge in [0.2, 0.25) is 11.8 Å². The molecule has 48 heavy (non-hydrogen) atoms. The van der Waals surface area contributed by atoms with E-state index in [1.807, 2.05) is 39.8 Å². The topological polar surface area (TPSA) is 112 Å². The summed E-state index contributed by atoms with van der Waals surface area (Å²) in [6.07, 6.45) is 5.57. The molecule has 4 aromatic rings. The molecule has 0 spiro atoms. The Balaban J connectivity index is 1.49. The van der Waals surface area contributed by atoms with Crippen molar-refractivity contribution < 1.29 is 19.1 Å². The first-order valence-corrected chi connectivity index (χ1v) is 16.6. The van der Waals surface area contributed by atoms with Crippen molar-refractivity contribution in [1.82, 2.24) is 19.4 Å². The number of aromatic nitrogens is 2. The average Bonchev–Trinajstić information content (AvgIpc) is 3.78. The highest BCUT2D eigenvalue weighted by atomic mass is 16.5. The van der Waals surface area contributed by atoms with Crippen LogP contribution in [0.15, 0.2) is 79.3 Å². The molecule has 0 unspecified atom stereocenters. The molecule has 3 atom stereocenters. The molecule has 0 radical (unpaired) electrons. The first-order valence-electron chi connectivity index (χ1n) is 16.6. The van der Waals surface area contributed by atoms with E-state index in [0.717, 1.165) is 34.7 Å². The largest absolute Gasteiger partial charge is 0.467 e. The number of fused-ring (bicyclic) bond motifs is 1. The number of carbonyl (C=O) groups excluding carboxylic acids is 3. The number of nitriles is 1. The number of anilines is 1. The minimum Gasteiger partial charge on any atom is -0.467 e. The number of benzene rings is 3. The van der Waals surface area contributed by atoms with Crippen molar-refractivity contribution in [2.45, 2.75) is 65.2 Å². The molecular weight excluding hydrogens is 604 g/mol. The smallest absolute Gasteiger partial charge is 0.328 e. The highest BCUT2D eigenvalue weighted by Crippen LogP contribution is 2.28. The van der Waals surface area contributed by atoms with Crippen LogP contribution in [0.25, 0.3) is 10.8 Å². The predicted molar refractivity (Wildman–Crippen MR) is 185 cm³/mol. The van der Waals surface area contributed by atoms with Gasteiger partial charge in [0.15, 0.2) is 0 Å². The van der Waals surface area contributed by atoms with Gasteiger partial charge in [-0.15, -0.1) is 0 Å². The SMILES string of the molecule is CC[C@H](C)[C@@H](CN(CC(=O)N1CCC[C@H]1C(=O)OC)Cc1cccc2ccccc12)N(C(C)=O)c1cncn1Cc1ccc(C#N)cc1.